The lowest BCUT2D eigenvalue weighted by Gasteiger charge is -2.35. The number of aryl methyl sites for hydroxylation is 1. The number of rotatable bonds is 10. The van der Waals surface area contributed by atoms with Crippen LogP contribution in [0.4, 0.5) is 0 Å². The first-order chi connectivity index (χ1) is 17.6. The fraction of sp³-hybridized carbons (Fsp3) is 0.464. The van der Waals surface area contributed by atoms with Crippen molar-refractivity contribution in [3.63, 3.8) is 0 Å². The molecule has 1 aliphatic carbocycles. The third-order valence-corrected chi connectivity index (χ3v) is 6.73. The molecule has 1 amide bonds. The molecule has 9 heteroatoms. The average Bonchev–Trinajstić information content (AvgIpc) is 2.92. The Kier molecular flexibility index (Phi) is 10.5. The Bertz CT molecular complexity index is 1070. The molecule has 0 bridgehead atoms. The SMILES string of the molecule is COCCOc1ccc2c(c1)CCC(C(=O)N1CCN(Cc3cc(OC)c(OC)c(OC)c3)CC1)=C2.Cl. The lowest BCUT2D eigenvalue weighted by atomic mass is 9.91. The van der Waals surface area contributed by atoms with Crippen LogP contribution >= 0.6 is 12.4 Å². The predicted molar refractivity (Wildman–Crippen MR) is 145 cm³/mol. The number of halogens is 1. The molecule has 1 fully saturated rings. The van der Waals surface area contributed by atoms with E-state index in [1.165, 1.54) is 5.56 Å². The maximum atomic E-state index is 13.3. The van der Waals surface area contributed by atoms with Crippen molar-refractivity contribution < 1.29 is 28.5 Å². The van der Waals surface area contributed by atoms with Gasteiger partial charge in [0.25, 0.3) is 0 Å². The molecule has 2 aromatic carbocycles. The van der Waals surface area contributed by atoms with Gasteiger partial charge in [-0.05, 0) is 59.9 Å². The van der Waals surface area contributed by atoms with E-state index >= 15 is 0 Å². The maximum absolute atomic E-state index is 13.3. The number of carbonyl (C=O) groups is 1. The Morgan fingerprint density at radius 2 is 1.57 bits per heavy atom. The summed E-state index contributed by atoms with van der Waals surface area (Å²) >= 11 is 0. The van der Waals surface area contributed by atoms with Crippen molar-refractivity contribution in [2.24, 2.45) is 0 Å². The number of hydrogen-bond acceptors (Lipinski definition) is 7. The molecule has 202 valence electrons. The molecule has 0 atom stereocenters. The molecule has 4 rings (SSSR count). The van der Waals surface area contributed by atoms with Gasteiger partial charge < -0.3 is 28.6 Å². The number of benzene rings is 2. The van der Waals surface area contributed by atoms with E-state index in [9.17, 15) is 4.79 Å². The number of hydrogen-bond donors (Lipinski definition) is 0. The predicted octanol–water partition coefficient (Wildman–Crippen LogP) is 3.83. The van der Waals surface area contributed by atoms with E-state index in [0.717, 1.165) is 54.9 Å². The van der Waals surface area contributed by atoms with E-state index in [1.807, 2.05) is 35.2 Å². The van der Waals surface area contributed by atoms with Crippen LogP contribution in [-0.2, 0) is 22.5 Å². The molecular formula is C28H37ClN2O6. The van der Waals surface area contributed by atoms with Gasteiger partial charge in [-0.15, -0.1) is 12.4 Å². The van der Waals surface area contributed by atoms with Crippen LogP contribution in [0, 0.1) is 0 Å². The molecule has 8 nitrogen and oxygen atoms in total. The van der Waals surface area contributed by atoms with E-state index in [2.05, 4.69) is 11.0 Å². The first-order valence-electron chi connectivity index (χ1n) is 12.3. The summed E-state index contributed by atoms with van der Waals surface area (Å²) in [4.78, 5) is 17.6. The molecule has 2 aromatic rings. The van der Waals surface area contributed by atoms with Crippen LogP contribution in [0.3, 0.4) is 0 Å². The van der Waals surface area contributed by atoms with Crippen LogP contribution in [0.15, 0.2) is 35.9 Å². The van der Waals surface area contributed by atoms with E-state index in [1.54, 1.807) is 28.4 Å². The summed E-state index contributed by atoms with van der Waals surface area (Å²) in [5.74, 6) is 2.89. The molecule has 2 aliphatic rings. The van der Waals surface area contributed by atoms with Crippen molar-refractivity contribution in [3.05, 3.63) is 52.6 Å². The lowest BCUT2D eigenvalue weighted by molar-refractivity contribution is -0.129. The Morgan fingerprint density at radius 1 is 0.865 bits per heavy atom. The molecular weight excluding hydrogens is 496 g/mol. The number of carbonyl (C=O) groups excluding carboxylic acids is 1. The van der Waals surface area contributed by atoms with Crippen LogP contribution in [0.1, 0.15) is 23.1 Å². The van der Waals surface area contributed by atoms with Crippen molar-refractivity contribution in [1.82, 2.24) is 9.80 Å². The number of fused-ring (bicyclic) bond motifs is 1. The molecule has 37 heavy (non-hydrogen) atoms. The number of nitrogens with zero attached hydrogens (tertiary/aromatic N) is 2. The summed E-state index contributed by atoms with van der Waals surface area (Å²) in [7, 11) is 6.51. The van der Waals surface area contributed by atoms with Crippen LogP contribution in [0.25, 0.3) is 6.08 Å². The topological polar surface area (TPSA) is 69.7 Å². The fourth-order valence-electron chi connectivity index (χ4n) is 4.77. The lowest BCUT2D eigenvalue weighted by Crippen LogP contribution is -2.48. The average molecular weight is 533 g/mol. The van der Waals surface area contributed by atoms with Gasteiger partial charge in [0.2, 0.25) is 11.7 Å². The second-order valence-electron chi connectivity index (χ2n) is 8.97. The van der Waals surface area contributed by atoms with Gasteiger partial charge >= 0.3 is 0 Å². The fourth-order valence-corrected chi connectivity index (χ4v) is 4.77. The maximum Gasteiger partial charge on any atom is 0.249 e. The summed E-state index contributed by atoms with van der Waals surface area (Å²) in [5.41, 5.74) is 4.29. The van der Waals surface area contributed by atoms with Gasteiger partial charge in [0.05, 0.1) is 27.9 Å². The summed E-state index contributed by atoms with van der Waals surface area (Å²) < 4.78 is 27.2. The standard InChI is InChI=1S/C28H36N2O6.ClH/c1-32-13-14-36-24-8-7-21-17-23(6-5-22(21)18-24)28(31)30-11-9-29(10-12-30)19-20-15-25(33-2)27(35-4)26(16-20)34-3;/h7-8,15-18H,5-6,9-14,19H2,1-4H3;1H. The zero-order valence-corrected chi connectivity index (χ0v) is 22.9. The second kappa shape index (κ2) is 13.6. The van der Waals surface area contributed by atoms with Gasteiger partial charge in [-0.3, -0.25) is 9.69 Å². The quantitative estimate of drug-likeness (QED) is 0.431. The number of methoxy groups -OCH3 is 4. The Morgan fingerprint density at radius 3 is 2.19 bits per heavy atom. The van der Waals surface area contributed by atoms with Crippen molar-refractivity contribution in [3.8, 4) is 23.0 Å². The van der Waals surface area contributed by atoms with Gasteiger partial charge in [0, 0.05) is 45.4 Å². The van der Waals surface area contributed by atoms with Crippen molar-refractivity contribution >= 4 is 24.4 Å². The highest BCUT2D eigenvalue weighted by Gasteiger charge is 2.26. The second-order valence-corrected chi connectivity index (χ2v) is 8.97. The Hall–Kier alpha value is -2.94. The number of amides is 1. The van der Waals surface area contributed by atoms with E-state index in [4.69, 9.17) is 23.7 Å². The first kappa shape index (κ1) is 28.6. The van der Waals surface area contributed by atoms with Crippen LogP contribution in [0.5, 0.6) is 23.0 Å². The van der Waals surface area contributed by atoms with Crippen molar-refractivity contribution in [2.45, 2.75) is 19.4 Å². The zero-order valence-electron chi connectivity index (χ0n) is 22.1. The molecule has 0 saturated carbocycles. The van der Waals surface area contributed by atoms with Crippen LogP contribution in [0.2, 0.25) is 0 Å². The first-order valence-corrected chi connectivity index (χ1v) is 12.3. The van der Waals surface area contributed by atoms with Gasteiger partial charge in [0.15, 0.2) is 11.5 Å². The van der Waals surface area contributed by atoms with Crippen LogP contribution in [-0.4, -0.2) is 83.5 Å². The largest absolute Gasteiger partial charge is 0.493 e. The van der Waals surface area contributed by atoms with Gasteiger partial charge in [0.1, 0.15) is 12.4 Å². The highest BCUT2D eigenvalue weighted by molar-refractivity contribution is 5.98. The van der Waals surface area contributed by atoms with E-state index in [0.29, 0.717) is 43.6 Å². The minimum absolute atomic E-state index is 0. The summed E-state index contributed by atoms with van der Waals surface area (Å²) in [6.07, 6.45) is 3.64. The van der Waals surface area contributed by atoms with Crippen molar-refractivity contribution in [1.29, 1.82) is 0 Å². The molecule has 0 aromatic heterocycles. The Labute approximate surface area is 225 Å². The summed E-state index contributed by atoms with van der Waals surface area (Å²) in [5, 5.41) is 0. The molecule has 0 radical (unpaired) electrons. The normalized spacial score (nSPS) is 15.2. The number of ether oxygens (including phenoxy) is 5. The van der Waals surface area contributed by atoms with Crippen molar-refractivity contribution in [2.75, 3.05) is 67.8 Å². The summed E-state index contributed by atoms with van der Waals surface area (Å²) in [6, 6.07) is 10.0. The monoisotopic (exact) mass is 532 g/mol. The molecule has 1 saturated heterocycles. The van der Waals surface area contributed by atoms with Gasteiger partial charge in [-0.25, -0.2) is 0 Å². The third kappa shape index (κ3) is 6.89. The minimum Gasteiger partial charge on any atom is -0.493 e. The van der Waals surface area contributed by atoms with Gasteiger partial charge in [-0.2, -0.15) is 0 Å². The third-order valence-electron chi connectivity index (χ3n) is 6.73. The molecule has 0 unspecified atom stereocenters. The molecule has 1 heterocycles. The number of piperazine rings is 1. The smallest absolute Gasteiger partial charge is 0.249 e. The Balaban J connectivity index is 0.00000380. The zero-order chi connectivity index (χ0) is 25.5. The molecule has 0 spiro atoms. The molecule has 1 aliphatic heterocycles. The van der Waals surface area contributed by atoms with Crippen LogP contribution < -0.4 is 18.9 Å². The highest BCUT2D eigenvalue weighted by atomic mass is 35.5. The highest BCUT2D eigenvalue weighted by Crippen LogP contribution is 2.38. The minimum atomic E-state index is 0. The summed E-state index contributed by atoms with van der Waals surface area (Å²) in [6.45, 7) is 4.89. The van der Waals surface area contributed by atoms with E-state index < -0.39 is 0 Å². The molecule has 0 N–H and O–H groups in total. The van der Waals surface area contributed by atoms with Gasteiger partial charge in [-0.1, -0.05) is 6.07 Å². The van der Waals surface area contributed by atoms with E-state index in [-0.39, 0.29) is 18.3 Å².